The van der Waals surface area contributed by atoms with Gasteiger partial charge in [-0.3, -0.25) is 9.78 Å². The van der Waals surface area contributed by atoms with Gasteiger partial charge in [0.25, 0.3) is 5.91 Å². The minimum Gasteiger partial charge on any atom is -0.371 e. The zero-order valence-corrected chi connectivity index (χ0v) is 13.7. The van der Waals surface area contributed by atoms with E-state index in [2.05, 4.69) is 23.7 Å². The zero-order valence-electron chi connectivity index (χ0n) is 13.7. The molecule has 1 rings (SSSR count). The summed E-state index contributed by atoms with van der Waals surface area (Å²) in [5.74, 6) is 0.407. The second-order valence-electron chi connectivity index (χ2n) is 5.26. The maximum atomic E-state index is 12.4. The molecule has 118 valence electrons. The third-order valence-corrected chi connectivity index (χ3v) is 3.69. The van der Waals surface area contributed by atoms with Crippen LogP contribution < -0.4 is 10.6 Å². The third-order valence-electron chi connectivity index (χ3n) is 3.69. The highest BCUT2D eigenvalue weighted by Crippen LogP contribution is 2.17. The summed E-state index contributed by atoms with van der Waals surface area (Å²) in [5, 5.41) is 0. The molecule has 0 bridgehead atoms. The number of carbonyl (C=O) groups excluding carboxylic acids is 1. The number of hydrogen-bond acceptors (Lipinski definition) is 4. The van der Waals surface area contributed by atoms with Gasteiger partial charge in [0.2, 0.25) is 0 Å². The number of rotatable bonds is 8. The molecule has 1 atom stereocenters. The van der Waals surface area contributed by atoms with Gasteiger partial charge in [0.1, 0.15) is 5.69 Å². The minimum atomic E-state index is -0.00947. The Kier molecular flexibility index (Phi) is 7.15. The van der Waals surface area contributed by atoms with Gasteiger partial charge in [0.15, 0.2) is 0 Å². The van der Waals surface area contributed by atoms with Crippen molar-refractivity contribution in [2.24, 2.45) is 11.7 Å². The fraction of sp³-hybridized carbons (Fsp3) is 0.625. The Morgan fingerprint density at radius 1 is 1.29 bits per heavy atom. The Labute approximate surface area is 128 Å². The summed E-state index contributed by atoms with van der Waals surface area (Å²) in [4.78, 5) is 20.6. The predicted molar refractivity (Wildman–Crippen MR) is 87.6 cm³/mol. The molecule has 1 aromatic heterocycles. The average Bonchev–Trinajstić information content (AvgIpc) is 2.53. The number of nitrogens with two attached hydrogens (primary N) is 1. The second-order valence-corrected chi connectivity index (χ2v) is 5.26. The first kappa shape index (κ1) is 17.4. The lowest BCUT2D eigenvalue weighted by Gasteiger charge is -2.26. The maximum Gasteiger partial charge on any atom is 0.272 e. The summed E-state index contributed by atoms with van der Waals surface area (Å²) in [6.07, 6.45) is 1.71. The number of aromatic nitrogens is 1. The molecule has 0 aliphatic carbocycles. The Hall–Kier alpha value is -1.62. The molecule has 0 saturated heterocycles. The van der Waals surface area contributed by atoms with Crippen molar-refractivity contribution in [1.29, 1.82) is 0 Å². The normalized spacial score (nSPS) is 12.0. The van der Waals surface area contributed by atoms with E-state index >= 15 is 0 Å². The number of amides is 1. The molecular weight excluding hydrogens is 264 g/mol. The summed E-state index contributed by atoms with van der Waals surface area (Å²) >= 11 is 0. The summed E-state index contributed by atoms with van der Waals surface area (Å²) in [7, 11) is 0. The molecule has 2 N–H and O–H groups in total. The van der Waals surface area contributed by atoms with Crippen LogP contribution in [0.3, 0.4) is 0 Å². The second kappa shape index (κ2) is 8.62. The van der Waals surface area contributed by atoms with Gasteiger partial charge in [-0.05, 0) is 45.4 Å². The van der Waals surface area contributed by atoms with Crippen LogP contribution in [0.15, 0.2) is 18.3 Å². The van der Waals surface area contributed by atoms with E-state index in [1.165, 1.54) is 0 Å². The first-order chi connectivity index (χ1) is 10.1. The van der Waals surface area contributed by atoms with E-state index in [-0.39, 0.29) is 5.91 Å². The molecule has 0 aliphatic heterocycles. The lowest BCUT2D eigenvalue weighted by Crippen LogP contribution is -2.33. The van der Waals surface area contributed by atoms with Crippen LogP contribution in [0.2, 0.25) is 0 Å². The number of carbonyl (C=O) groups is 1. The Balaban J connectivity index is 2.95. The number of hydrogen-bond donors (Lipinski definition) is 1. The molecule has 0 saturated carbocycles. The van der Waals surface area contributed by atoms with Gasteiger partial charge in [-0.15, -0.1) is 0 Å². The van der Waals surface area contributed by atoms with Gasteiger partial charge in [0, 0.05) is 38.1 Å². The molecule has 5 nitrogen and oxygen atoms in total. The van der Waals surface area contributed by atoms with Crippen LogP contribution in [-0.4, -0.2) is 48.5 Å². The lowest BCUT2D eigenvalue weighted by atomic mass is 10.1. The van der Waals surface area contributed by atoms with Crippen molar-refractivity contribution in [3.63, 3.8) is 0 Å². The van der Waals surface area contributed by atoms with E-state index in [0.717, 1.165) is 18.8 Å². The Bertz CT molecular complexity index is 446. The smallest absolute Gasteiger partial charge is 0.272 e. The third kappa shape index (κ3) is 4.70. The van der Waals surface area contributed by atoms with Crippen LogP contribution in [0.1, 0.15) is 38.2 Å². The fourth-order valence-corrected chi connectivity index (χ4v) is 2.27. The highest BCUT2D eigenvalue weighted by atomic mass is 16.2. The highest BCUT2D eigenvalue weighted by molar-refractivity contribution is 5.93. The van der Waals surface area contributed by atoms with Gasteiger partial charge < -0.3 is 15.5 Å². The molecule has 21 heavy (non-hydrogen) atoms. The van der Waals surface area contributed by atoms with E-state index in [1.807, 2.05) is 26.0 Å². The SMILES string of the molecule is CCN(CC)C(=O)c1cc(N(CC)CC(C)CN)ccn1. The summed E-state index contributed by atoms with van der Waals surface area (Å²) in [5.41, 5.74) is 7.25. The number of anilines is 1. The molecule has 1 heterocycles. The summed E-state index contributed by atoms with van der Waals surface area (Å²) in [6, 6.07) is 3.83. The first-order valence-corrected chi connectivity index (χ1v) is 7.77. The minimum absolute atomic E-state index is 0.00947. The van der Waals surface area contributed by atoms with E-state index in [4.69, 9.17) is 5.73 Å². The lowest BCUT2D eigenvalue weighted by molar-refractivity contribution is 0.0767. The molecule has 0 radical (unpaired) electrons. The molecule has 1 aromatic rings. The van der Waals surface area contributed by atoms with Gasteiger partial charge in [-0.25, -0.2) is 0 Å². The van der Waals surface area contributed by atoms with Crippen molar-refractivity contribution in [3.05, 3.63) is 24.0 Å². The molecular formula is C16H28N4O. The standard InChI is InChI=1S/C16H28N4O/c1-5-19(6-2)16(21)15-10-14(8-9-18-15)20(7-3)12-13(4)11-17/h8-10,13H,5-7,11-12,17H2,1-4H3. The van der Waals surface area contributed by atoms with E-state index in [0.29, 0.717) is 31.2 Å². The van der Waals surface area contributed by atoms with Crippen molar-refractivity contribution < 1.29 is 4.79 Å². The van der Waals surface area contributed by atoms with Crippen LogP contribution >= 0.6 is 0 Å². The van der Waals surface area contributed by atoms with Crippen molar-refractivity contribution >= 4 is 11.6 Å². The van der Waals surface area contributed by atoms with E-state index in [9.17, 15) is 4.79 Å². The average molecular weight is 292 g/mol. The Morgan fingerprint density at radius 2 is 1.95 bits per heavy atom. The fourth-order valence-electron chi connectivity index (χ4n) is 2.27. The predicted octanol–water partition coefficient (Wildman–Crippen LogP) is 1.98. The Morgan fingerprint density at radius 3 is 2.48 bits per heavy atom. The maximum absolute atomic E-state index is 12.4. The quantitative estimate of drug-likeness (QED) is 0.796. The molecule has 1 unspecified atom stereocenters. The van der Waals surface area contributed by atoms with Crippen LogP contribution in [0, 0.1) is 5.92 Å². The highest BCUT2D eigenvalue weighted by Gasteiger charge is 2.16. The molecule has 0 aromatic carbocycles. The summed E-state index contributed by atoms with van der Waals surface area (Å²) < 4.78 is 0. The van der Waals surface area contributed by atoms with E-state index in [1.54, 1.807) is 11.1 Å². The van der Waals surface area contributed by atoms with Gasteiger partial charge in [-0.2, -0.15) is 0 Å². The molecule has 5 heteroatoms. The largest absolute Gasteiger partial charge is 0.371 e. The van der Waals surface area contributed by atoms with Crippen LogP contribution in [0.4, 0.5) is 5.69 Å². The van der Waals surface area contributed by atoms with E-state index < -0.39 is 0 Å². The topological polar surface area (TPSA) is 62.5 Å². The summed E-state index contributed by atoms with van der Waals surface area (Å²) in [6.45, 7) is 12.0. The molecule has 0 fully saturated rings. The van der Waals surface area contributed by atoms with Crippen molar-refractivity contribution in [2.75, 3.05) is 37.6 Å². The van der Waals surface area contributed by atoms with Crippen LogP contribution in [0.25, 0.3) is 0 Å². The number of pyridine rings is 1. The molecule has 0 aliphatic rings. The van der Waals surface area contributed by atoms with Crippen molar-refractivity contribution in [1.82, 2.24) is 9.88 Å². The van der Waals surface area contributed by atoms with Crippen LogP contribution in [0.5, 0.6) is 0 Å². The first-order valence-electron chi connectivity index (χ1n) is 7.77. The zero-order chi connectivity index (χ0) is 15.8. The van der Waals surface area contributed by atoms with Crippen molar-refractivity contribution in [2.45, 2.75) is 27.7 Å². The van der Waals surface area contributed by atoms with Gasteiger partial charge in [0.05, 0.1) is 0 Å². The number of nitrogens with zero attached hydrogens (tertiary/aromatic N) is 3. The molecule has 1 amide bonds. The van der Waals surface area contributed by atoms with Gasteiger partial charge in [-0.1, -0.05) is 6.92 Å². The van der Waals surface area contributed by atoms with Crippen LogP contribution in [-0.2, 0) is 0 Å². The van der Waals surface area contributed by atoms with Gasteiger partial charge >= 0.3 is 0 Å². The molecule has 0 spiro atoms. The van der Waals surface area contributed by atoms with Crippen molar-refractivity contribution in [3.8, 4) is 0 Å². The monoisotopic (exact) mass is 292 g/mol.